The number of halogens is 2. The second-order valence-electron chi connectivity index (χ2n) is 9.53. The van der Waals surface area contributed by atoms with Crippen molar-refractivity contribution in [3.8, 4) is 11.4 Å². The number of aromatic nitrogens is 4. The number of ether oxygens (including phenoxy) is 1. The van der Waals surface area contributed by atoms with Gasteiger partial charge in [0.05, 0.1) is 6.10 Å². The number of benzene rings is 3. The molecule has 0 bridgehead atoms. The van der Waals surface area contributed by atoms with Crippen LogP contribution < -0.4 is 10.2 Å². The smallest absolute Gasteiger partial charge is 0.251 e. The molecule has 0 radical (unpaired) electrons. The van der Waals surface area contributed by atoms with Crippen molar-refractivity contribution in [2.24, 2.45) is 0 Å². The zero-order valence-corrected chi connectivity index (χ0v) is 22.6. The lowest BCUT2D eigenvalue weighted by Gasteiger charge is -2.32. The Hall–Kier alpha value is -4.15. The van der Waals surface area contributed by atoms with Crippen LogP contribution >= 0.6 is 11.6 Å². The number of rotatable bonds is 9. The van der Waals surface area contributed by atoms with E-state index in [1.54, 1.807) is 36.4 Å². The molecule has 1 saturated heterocycles. The van der Waals surface area contributed by atoms with E-state index in [4.69, 9.17) is 16.3 Å². The predicted molar refractivity (Wildman–Crippen MR) is 148 cm³/mol. The third-order valence-electron chi connectivity index (χ3n) is 6.70. The number of carbonyl (C=O) groups excluding carboxylic acids is 2. The highest BCUT2D eigenvalue weighted by molar-refractivity contribution is 6.30. The largest absolute Gasteiger partial charge is 0.376 e. The Kier molecular flexibility index (Phi) is 8.47. The van der Waals surface area contributed by atoms with E-state index < -0.39 is 23.7 Å². The summed E-state index contributed by atoms with van der Waals surface area (Å²) in [5.74, 6) is -0.975. The summed E-state index contributed by atoms with van der Waals surface area (Å²) in [6, 6.07) is 18.7. The average molecular weight is 563 g/mol. The van der Waals surface area contributed by atoms with E-state index >= 15 is 0 Å². The molecule has 206 valence electrons. The number of para-hydroxylation sites is 1. The van der Waals surface area contributed by atoms with Crippen LogP contribution in [0.3, 0.4) is 0 Å². The molecule has 3 aromatic carbocycles. The summed E-state index contributed by atoms with van der Waals surface area (Å²) in [7, 11) is 0. The van der Waals surface area contributed by atoms with Crippen molar-refractivity contribution >= 4 is 29.1 Å². The van der Waals surface area contributed by atoms with Gasteiger partial charge in [-0.05, 0) is 78.6 Å². The lowest BCUT2D eigenvalue weighted by molar-refractivity contribution is -0.127. The van der Waals surface area contributed by atoms with Crippen LogP contribution in [-0.2, 0) is 20.9 Å². The quantitative estimate of drug-likeness (QED) is 0.322. The minimum Gasteiger partial charge on any atom is -0.376 e. The molecule has 2 amide bonds. The van der Waals surface area contributed by atoms with E-state index in [1.165, 1.54) is 34.0 Å². The number of hydrogen-bond donors (Lipinski definition) is 1. The Bertz CT molecular complexity index is 1470. The third kappa shape index (κ3) is 6.35. The van der Waals surface area contributed by atoms with Crippen LogP contribution in [-0.4, -0.2) is 51.3 Å². The van der Waals surface area contributed by atoms with Crippen LogP contribution in [0, 0.1) is 12.7 Å². The Morgan fingerprint density at radius 3 is 2.58 bits per heavy atom. The Morgan fingerprint density at radius 2 is 1.88 bits per heavy atom. The zero-order valence-electron chi connectivity index (χ0n) is 21.8. The van der Waals surface area contributed by atoms with E-state index in [2.05, 4.69) is 20.7 Å². The molecule has 4 aromatic rings. The van der Waals surface area contributed by atoms with Crippen molar-refractivity contribution in [3.05, 3.63) is 94.8 Å². The van der Waals surface area contributed by atoms with E-state index in [9.17, 15) is 14.0 Å². The van der Waals surface area contributed by atoms with Crippen molar-refractivity contribution < 1.29 is 18.7 Å². The second kappa shape index (κ2) is 12.4. The number of hydrogen-bond acceptors (Lipinski definition) is 6. The molecule has 1 N–H and O–H groups in total. The molecule has 1 fully saturated rings. The van der Waals surface area contributed by atoms with E-state index in [-0.39, 0.29) is 12.6 Å². The summed E-state index contributed by atoms with van der Waals surface area (Å²) in [4.78, 5) is 30.4. The second-order valence-corrected chi connectivity index (χ2v) is 9.97. The summed E-state index contributed by atoms with van der Waals surface area (Å²) in [5, 5.41) is 16.0. The Morgan fingerprint density at radius 1 is 1.12 bits per heavy atom. The molecule has 0 unspecified atom stereocenters. The number of tetrazole rings is 1. The molecule has 2 atom stereocenters. The third-order valence-corrected chi connectivity index (χ3v) is 6.95. The van der Waals surface area contributed by atoms with Gasteiger partial charge in [-0.15, -0.1) is 10.2 Å². The molecular weight excluding hydrogens is 535 g/mol. The lowest BCUT2D eigenvalue weighted by Crippen LogP contribution is -2.47. The molecule has 11 heteroatoms. The molecule has 40 heavy (non-hydrogen) atoms. The summed E-state index contributed by atoms with van der Waals surface area (Å²) in [6.45, 7) is 2.53. The molecule has 5 rings (SSSR count). The molecular formula is C29H28ClFN6O3. The van der Waals surface area contributed by atoms with Gasteiger partial charge < -0.3 is 10.1 Å². The zero-order chi connectivity index (χ0) is 28.1. The van der Waals surface area contributed by atoms with Crippen LogP contribution in [0.25, 0.3) is 11.4 Å². The van der Waals surface area contributed by atoms with Gasteiger partial charge in [-0.1, -0.05) is 41.9 Å². The molecule has 9 nitrogen and oxygen atoms in total. The first-order valence-electron chi connectivity index (χ1n) is 13.0. The number of aryl methyl sites for hydroxylation is 1. The fourth-order valence-electron chi connectivity index (χ4n) is 4.65. The van der Waals surface area contributed by atoms with Crippen molar-refractivity contribution in [1.82, 2.24) is 25.5 Å². The molecule has 0 saturated carbocycles. The van der Waals surface area contributed by atoms with Crippen LogP contribution in [0.5, 0.6) is 0 Å². The normalized spacial score (nSPS) is 15.5. The molecule has 1 aliphatic rings. The average Bonchev–Trinajstić information content (AvgIpc) is 3.65. The van der Waals surface area contributed by atoms with Crippen molar-refractivity contribution in [2.75, 3.05) is 18.1 Å². The fraction of sp³-hybridized carbons (Fsp3) is 0.276. The van der Waals surface area contributed by atoms with Gasteiger partial charge in [-0.25, -0.2) is 4.39 Å². The maximum Gasteiger partial charge on any atom is 0.251 e. The van der Waals surface area contributed by atoms with Crippen molar-refractivity contribution in [2.45, 2.75) is 38.5 Å². The molecule has 0 aliphatic carbocycles. The SMILES string of the molecule is Cc1ccccc1N(C(=O)Cn1nnc(-c2ccc(Cl)cc2)n1)[C@@H](C(=O)NC[C@H]1CCCO1)c1ccc(F)cc1. The van der Waals surface area contributed by atoms with Gasteiger partial charge in [0.1, 0.15) is 18.4 Å². The van der Waals surface area contributed by atoms with E-state index in [0.29, 0.717) is 40.8 Å². The van der Waals surface area contributed by atoms with Gasteiger partial charge in [0, 0.05) is 29.4 Å². The number of nitrogens with one attached hydrogen (secondary N) is 1. The van der Waals surface area contributed by atoms with E-state index in [1.807, 2.05) is 19.1 Å². The van der Waals surface area contributed by atoms with Gasteiger partial charge in [0.15, 0.2) is 0 Å². The van der Waals surface area contributed by atoms with Crippen LogP contribution in [0.15, 0.2) is 72.8 Å². The maximum absolute atomic E-state index is 14.0. The topological polar surface area (TPSA) is 102 Å². The van der Waals surface area contributed by atoms with Crippen molar-refractivity contribution in [3.63, 3.8) is 0 Å². The molecule has 2 heterocycles. The van der Waals surface area contributed by atoms with Gasteiger partial charge in [0.25, 0.3) is 5.91 Å². The van der Waals surface area contributed by atoms with E-state index in [0.717, 1.165) is 18.4 Å². The van der Waals surface area contributed by atoms with Gasteiger partial charge in [0.2, 0.25) is 11.7 Å². The Balaban J connectivity index is 1.48. The predicted octanol–water partition coefficient (Wildman–Crippen LogP) is 4.51. The number of amides is 2. The minimum atomic E-state index is -1.09. The first-order chi connectivity index (χ1) is 19.4. The summed E-state index contributed by atoms with van der Waals surface area (Å²) >= 11 is 5.98. The highest BCUT2D eigenvalue weighted by Gasteiger charge is 2.34. The maximum atomic E-state index is 14.0. The molecule has 0 spiro atoms. The highest BCUT2D eigenvalue weighted by atomic mass is 35.5. The van der Waals surface area contributed by atoms with Crippen LogP contribution in [0.1, 0.15) is 30.0 Å². The fourth-order valence-corrected chi connectivity index (χ4v) is 4.78. The number of nitrogens with zero attached hydrogens (tertiary/aromatic N) is 5. The minimum absolute atomic E-state index is 0.0916. The first-order valence-corrected chi connectivity index (χ1v) is 13.3. The lowest BCUT2D eigenvalue weighted by atomic mass is 10.0. The summed E-state index contributed by atoms with van der Waals surface area (Å²) in [5.41, 5.74) is 2.46. The molecule has 1 aliphatic heterocycles. The standard InChI is InChI=1S/C29H28ClFN6O3/c1-19-5-2-3-7-25(19)37(26(38)18-36-34-28(33-35-36)21-8-12-22(30)13-9-21)27(20-10-14-23(31)15-11-20)29(39)32-17-24-6-4-16-40-24/h2-3,5,7-15,24,27H,4,6,16-18H2,1H3,(H,32,39)/t24-,27-/m1/s1. The number of carbonyl (C=O) groups is 2. The monoisotopic (exact) mass is 562 g/mol. The summed E-state index contributed by atoms with van der Waals surface area (Å²) in [6.07, 6.45) is 1.68. The molecule has 1 aromatic heterocycles. The van der Waals surface area contributed by atoms with Gasteiger partial charge in [-0.3, -0.25) is 14.5 Å². The van der Waals surface area contributed by atoms with Crippen molar-refractivity contribution in [1.29, 1.82) is 0 Å². The van der Waals surface area contributed by atoms with Gasteiger partial charge >= 0.3 is 0 Å². The van der Waals surface area contributed by atoms with Crippen LogP contribution in [0.4, 0.5) is 10.1 Å². The Labute approximate surface area is 235 Å². The number of anilines is 1. The van der Waals surface area contributed by atoms with Gasteiger partial charge in [-0.2, -0.15) is 4.80 Å². The first kappa shape index (κ1) is 27.4. The van der Waals surface area contributed by atoms with Crippen LogP contribution in [0.2, 0.25) is 5.02 Å². The summed E-state index contributed by atoms with van der Waals surface area (Å²) < 4.78 is 19.5. The highest BCUT2D eigenvalue weighted by Crippen LogP contribution is 2.31.